The minimum atomic E-state index is -0.0735. The van der Waals surface area contributed by atoms with Crippen molar-refractivity contribution in [1.29, 1.82) is 0 Å². The first-order valence-corrected chi connectivity index (χ1v) is 9.15. The van der Waals surface area contributed by atoms with Crippen molar-refractivity contribution in [3.8, 4) is 11.3 Å². The number of aromatic nitrogens is 4. The quantitative estimate of drug-likeness (QED) is 0.718. The monoisotopic (exact) mass is 359 g/mol. The zero-order valence-corrected chi connectivity index (χ0v) is 15.2. The highest BCUT2D eigenvalue weighted by Crippen LogP contribution is 2.27. The molecule has 1 aliphatic heterocycles. The van der Waals surface area contributed by atoms with Crippen LogP contribution >= 0.6 is 0 Å². The summed E-state index contributed by atoms with van der Waals surface area (Å²) in [5, 5.41) is 0. The number of benzene rings is 1. The molecule has 2 aromatic heterocycles. The highest BCUT2D eigenvalue weighted by molar-refractivity contribution is 5.92. The lowest BCUT2D eigenvalue weighted by Crippen LogP contribution is -2.39. The molecule has 1 saturated heterocycles. The summed E-state index contributed by atoms with van der Waals surface area (Å²) in [6, 6.07) is 8.25. The SMILES string of the molecule is Cc1cccc(-c2cncc([C@H]3CCCN(C(=O)c4cnccn4)C3)n2)c1. The van der Waals surface area contributed by atoms with Gasteiger partial charge >= 0.3 is 0 Å². The molecule has 1 atom stereocenters. The van der Waals surface area contributed by atoms with Gasteiger partial charge in [0, 0.05) is 43.2 Å². The maximum atomic E-state index is 12.7. The summed E-state index contributed by atoms with van der Waals surface area (Å²) in [6.07, 6.45) is 10.2. The number of carbonyl (C=O) groups is 1. The molecule has 0 spiro atoms. The van der Waals surface area contributed by atoms with E-state index in [-0.39, 0.29) is 11.8 Å². The maximum Gasteiger partial charge on any atom is 0.274 e. The zero-order chi connectivity index (χ0) is 18.6. The Morgan fingerprint density at radius 3 is 2.89 bits per heavy atom. The third-order valence-corrected chi connectivity index (χ3v) is 4.88. The Labute approximate surface area is 158 Å². The van der Waals surface area contributed by atoms with E-state index in [4.69, 9.17) is 4.98 Å². The van der Waals surface area contributed by atoms with Crippen LogP contribution in [0.4, 0.5) is 0 Å². The molecule has 6 nitrogen and oxygen atoms in total. The Balaban J connectivity index is 1.55. The van der Waals surface area contributed by atoms with E-state index in [1.807, 2.05) is 23.2 Å². The van der Waals surface area contributed by atoms with Crippen molar-refractivity contribution in [2.75, 3.05) is 13.1 Å². The van der Waals surface area contributed by atoms with Crippen molar-refractivity contribution in [3.63, 3.8) is 0 Å². The molecule has 0 aliphatic carbocycles. The van der Waals surface area contributed by atoms with Crippen LogP contribution in [0.1, 0.15) is 40.5 Å². The molecular weight excluding hydrogens is 338 g/mol. The van der Waals surface area contributed by atoms with Crippen LogP contribution in [0.2, 0.25) is 0 Å². The lowest BCUT2D eigenvalue weighted by molar-refractivity contribution is 0.0699. The standard InChI is InChI=1S/C21H21N5O/c1-15-4-2-5-16(10-15)18-11-23-12-19(25-18)17-6-3-9-26(14-17)21(27)20-13-22-7-8-24-20/h2,4-5,7-8,10-13,17H,3,6,9,14H2,1H3/t17-/m0/s1. The molecule has 6 heteroatoms. The summed E-state index contributed by atoms with van der Waals surface area (Å²) in [6.45, 7) is 3.43. The number of likely N-dealkylation sites (tertiary alicyclic amines) is 1. The number of piperidine rings is 1. The summed E-state index contributed by atoms with van der Waals surface area (Å²) < 4.78 is 0. The zero-order valence-electron chi connectivity index (χ0n) is 15.2. The first-order valence-electron chi connectivity index (χ1n) is 9.15. The van der Waals surface area contributed by atoms with Gasteiger partial charge in [0.05, 0.1) is 23.8 Å². The van der Waals surface area contributed by atoms with Crippen LogP contribution in [-0.2, 0) is 0 Å². The number of nitrogens with zero attached hydrogens (tertiary/aromatic N) is 5. The highest BCUT2D eigenvalue weighted by Gasteiger charge is 2.27. The largest absolute Gasteiger partial charge is 0.337 e. The average molecular weight is 359 g/mol. The van der Waals surface area contributed by atoms with Crippen molar-refractivity contribution in [1.82, 2.24) is 24.8 Å². The molecule has 4 rings (SSSR count). The number of carbonyl (C=O) groups excluding carboxylic acids is 1. The molecule has 27 heavy (non-hydrogen) atoms. The van der Waals surface area contributed by atoms with Gasteiger partial charge in [-0.15, -0.1) is 0 Å². The molecule has 0 radical (unpaired) electrons. The molecule has 0 N–H and O–H groups in total. The fourth-order valence-corrected chi connectivity index (χ4v) is 3.50. The van der Waals surface area contributed by atoms with Gasteiger partial charge in [0.25, 0.3) is 5.91 Å². The van der Waals surface area contributed by atoms with E-state index in [2.05, 4.69) is 34.0 Å². The molecule has 0 unspecified atom stereocenters. The first-order chi connectivity index (χ1) is 13.2. The minimum Gasteiger partial charge on any atom is -0.337 e. The second-order valence-electron chi connectivity index (χ2n) is 6.88. The minimum absolute atomic E-state index is 0.0735. The summed E-state index contributed by atoms with van der Waals surface area (Å²) in [5.74, 6) is 0.104. The lowest BCUT2D eigenvalue weighted by atomic mass is 9.94. The van der Waals surface area contributed by atoms with E-state index >= 15 is 0 Å². The molecule has 3 heterocycles. The highest BCUT2D eigenvalue weighted by atomic mass is 16.2. The Morgan fingerprint density at radius 2 is 2.07 bits per heavy atom. The van der Waals surface area contributed by atoms with Crippen molar-refractivity contribution in [3.05, 3.63) is 72.2 Å². The molecule has 136 valence electrons. The Morgan fingerprint density at radius 1 is 1.15 bits per heavy atom. The summed E-state index contributed by atoms with van der Waals surface area (Å²) in [4.78, 5) is 31.9. The fraction of sp³-hybridized carbons (Fsp3) is 0.286. The third-order valence-electron chi connectivity index (χ3n) is 4.88. The second kappa shape index (κ2) is 7.61. The van der Waals surface area contributed by atoms with E-state index in [0.717, 1.165) is 36.3 Å². The van der Waals surface area contributed by atoms with E-state index in [0.29, 0.717) is 12.2 Å². The van der Waals surface area contributed by atoms with Crippen molar-refractivity contribution >= 4 is 5.91 Å². The van der Waals surface area contributed by atoms with Gasteiger partial charge in [-0.2, -0.15) is 0 Å². The van der Waals surface area contributed by atoms with Gasteiger partial charge in [0.1, 0.15) is 5.69 Å². The Kier molecular flexibility index (Phi) is 4.87. The second-order valence-corrected chi connectivity index (χ2v) is 6.88. The van der Waals surface area contributed by atoms with Crippen LogP contribution in [0, 0.1) is 6.92 Å². The van der Waals surface area contributed by atoms with E-state index in [9.17, 15) is 4.79 Å². The topological polar surface area (TPSA) is 71.9 Å². The fourth-order valence-electron chi connectivity index (χ4n) is 3.50. The van der Waals surface area contributed by atoms with E-state index in [1.54, 1.807) is 18.6 Å². The first kappa shape index (κ1) is 17.3. The van der Waals surface area contributed by atoms with Crippen LogP contribution in [0.5, 0.6) is 0 Å². The van der Waals surface area contributed by atoms with E-state index in [1.165, 1.54) is 11.8 Å². The number of amides is 1. The molecule has 0 bridgehead atoms. The molecule has 1 fully saturated rings. The van der Waals surface area contributed by atoms with Crippen LogP contribution in [0.3, 0.4) is 0 Å². The van der Waals surface area contributed by atoms with Gasteiger partial charge in [0.2, 0.25) is 0 Å². The van der Waals surface area contributed by atoms with Crippen LogP contribution < -0.4 is 0 Å². The summed E-state index contributed by atoms with van der Waals surface area (Å²) >= 11 is 0. The van der Waals surface area contributed by atoms with Crippen LogP contribution in [0.15, 0.2) is 55.2 Å². The Hall–Kier alpha value is -3.15. The van der Waals surface area contributed by atoms with Gasteiger partial charge < -0.3 is 4.90 Å². The smallest absolute Gasteiger partial charge is 0.274 e. The maximum absolute atomic E-state index is 12.7. The van der Waals surface area contributed by atoms with Gasteiger partial charge in [-0.3, -0.25) is 14.8 Å². The number of rotatable bonds is 3. The average Bonchev–Trinajstić information content (AvgIpc) is 2.74. The van der Waals surface area contributed by atoms with Crippen LogP contribution in [0.25, 0.3) is 11.3 Å². The number of hydrogen-bond donors (Lipinski definition) is 0. The molecule has 1 aromatic carbocycles. The van der Waals surface area contributed by atoms with Crippen LogP contribution in [-0.4, -0.2) is 43.8 Å². The molecular formula is C21H21N5O. The molecule has 1 aliphatic rings. The number of aryl methyl sites for hydroxylation is 1. The Bertz CT molecular complexity index is 944. The molecule has 1 amide bonds. The summed E-state index contributed by atoms with van der Waals surface area (Å²) in [7, 11) is 0. The van der Waals surface area contributed by atoms with Crippen molar-refractivity contribution < 1.29 is 4.79 Å². The summed E-state index contributed by atoms with van der Waals surface area (Å²) in [5.41, 5.74) is 4.45. The normalized spacial score (nSPS) is 16.9. The molecule has 3 aromatic rings. The predicted molar refractivity (Wildman–Crippen MR) is 102 cm³/mol. The van der Waals surface area contributed by atoms with Gasteiger partial charge in [-0.05, 0) is 25.8 Å². The third kappa shape index (κ3) is 3.84. The predicted octanol–water partition coefficient (Wildman–Crippen LogP) is 3.26. The van der Waals surface area contributed by atoms with Crippen molar-refractivity contribution in [2.24, 2.45) is 0 Å². The van der Waals surface area contributed by atoms with E-state index < -0.39 is 0 Å². The van der Waals surface area contributed by atoms with Crippen molar-refractivity contribution in [2.45, 2.75) is 25.7 Å². The molecule has 0 saturated carbocycles. The lowest BCUT2D eigenvalue weighted by Gasteiger charge is -2.32. The van der Waals surface area contributed by atoms with Gasteiger partial charge in [-0.25, -0.2) is 9.97 Å². The van der Waals surface area contributed by atoms with Gasteiger partial charge in [0.15, 0.2) is 0 Å². The van der Waals surface area contributed by atoms with Gasteiger partial charge in [-0.1, -0.05) is 23.8 Å². The number of hydrogen-bond acceptors (Lipinski definition) is 5.